The summed E-state index contributed by atoms with van der Waals surface area (Å²) in [7, 11) is 0. The number of esters is 2. The van der Waals surface area contributed by atoms with Crippen LogP contribution in [0.25, 0.3) is 5.57 Å². The molecule has 0 aliphatic rings. The zero-order chi connectivity index (χ0) is 18.3. The molecule has 1 aromatic heterocycles. The summed E-state index contributed by atoms with van der Waals surface area (Å²) in [5.74, 6) is -0.684. The molecular weight excluding hydrogens is 371 g/mol. The van der Waals surface area contributed by atoms with Crippen LogP contribution < -0.4 is 0 Å². The van der Waals surface area contributed by atoms with Crippen molar-refractivity contribution < 1.29 is 19.1 Å². The van der Waals surface area contributed by atoms with E-state index in [0.717, 1.165) is 14.4 Å². The molecule has 5 heteroatoms. The van der Waals surface area contributed by atoms with E-state index in [1.54, 1.807) is 26.0 Å². The standard InChI is InChI=1S/C19H20O4Se/c1-12(2)18(20)22-11-16-9-10-17(24-16)14(5)7-8-15(6)23-19(21)13(3)4/h7-10H,1,3,5-6,11H2,2,4H3/b8-7-. The molecule has 0 spiro atoms. The van der Waals surface area contributed by atoms with E-state index in [9.17, 15) is 9.59 Å². The van der Waals surface area contributed by atoms with E-state index >= 15 is 0 Å². The van der Waals surface area contributed by atoms with Gasteiger partial charge in [-0.25, -0.2) is 0 Å². The van der Waals surface area contributed by atoms with Gasteiger partial charge in [-0.2, -0.15) is 0 Å². The summed E-state index contributed by atoms with van der Waals surface area (Å²) in [6.45, 7) is 18.1. The molecule has 4 nitrogen and oxygen atoms in total. The molecule has 1 rings (SSSR count). The minimum absolute atomic E-state index is 0.0342. The van der Waals surface area contributed by atoms with Gasteiger partial charge in [-0.15, -0.1) is 0 Å². The molecular formula is C19H20O4Se. The van der Waals surface area contributed by atoms with Crippen molar-refractivity contribution in [3.63, 3.8) is 0 Å². The van der Waals surface area contributed by atoms with Crippen molar-refractivity contribution in [2.45, 2.75) is 20.5 Å². The first-order chi connectivity index (χ1) is 11.2. The molecule has 1 heterocycles. The summed E-state index contributed by atoms with van der Waals surface area (Å²) in [5, 5.41) is 0. The first-order valence-corrected chi connectivity index (χ1v) is 8.77. The molecule has 0 bridgehead atoms. The zero-order valence-corrected chi connectivity index (χ0v) is 15.6. The number of ether oxygens (including phenoxy) is 2. The zero-order valence-electron chi connectivity index (χ0n) is 13.9. The summed E-state index contributed by atoms with van der Waals surface area (Å²) in [6, 6.07) is 3.87. The minimum atomic E-state index is -0.511. The molecule has 1 aromatic rings. The predicted octanol–water partition coefficient (Wildman–Crippen LogP) is 3.57. The van der Waals surface area contributed by atoms with Crippen LogP contribution in [0.1, 0.15) is 22.7 Å². The molecule has 0 saturated heterocycles. The molecule has 24 heavy (non-hydrogen) atoms. The van der Waals surface area contributed by atoms with Gasteiger partial charge in [0.05, 0.1) is 0 Å². The first kappa shape index (κ1) is 19.7. The summed E-state index contributed by atoms with van der Waals surface area (Å²) in [4.78, 5) is 22.8. The van der Waals surface area contributed by atoms with E-state index in [1.807, 2.05) is 12.1 Å². The van der Waals surface area contributed by atoms with Gasteiger partial charge >= 0.3 is 148 Å². The quantitative estimate of drug-likeness (QED) is 0.224. The van der Waals surface area contributed by atoms with E-state index in [2.05, 4.69) is 26.3 Å². The number of rotatable bonds is 8. The van der Waals surface area contributed by atoms with Gasteiger partial charge in [-0.1, -0.05) is 0 Å². The molecule has 0 amide bonds. The van der Waals surface area contributed by atoms with Crippen molar-refractivity contribution in [3.8, 4) is 0 Å². The molecule has 0 aliphatic heterocycles. The van der Waals surface area contributed by atoms with Crippen molar-refractivity contribution in [1.82, 2.24) is 0 Å². The van der Waals surface area contributed by atoms with Crippen LogP contribution in [0.15, 0.2) is 67.5 Å². The summed E-state index contributed by atoms with van der Waals surface area (Å²) < 4.78 is 12.2. The third-order valence-corrected chi connectivity index (χ3v) is 5.09. The third kappa shape index (κ3) is 6.40. The Morgan fingerprint density at radius 1 is 1.04 bits per heavy atom. The Balaban J connectivity index is 2.60. The Morgan fingerprint density at radius 2 is 1.67 bits per heavy atom. The number of carbonyl (C=O) groups is 2. The van der Waals surface area contributed by atoms with Crippen LogP contribution in [0.4, 0.5) is 0 Å². The number of hydrogen-bond donors (Lipinski definition) is 0. The molecule has 0 saturated carbocycles. The van der Waals surface area contributed by atoms with E-state index in [4.69, 9.17) is 9.47 Å². The van der Waals surface area contributed by atoms with Crippen molar-refractivity contribution in [2.75, 3.05) is 0 Å². The van der Waals surface area contributed by atoms with Crippen LogP contribution in [-0.2, 0) is 25.7 Å². The van der Waals surface area contributed by atoms with E-state index in [1.165, 1.54) is 0 Å². The van der Waals surface area contributed by atoms with Gasteiger partial charge in [-0.05, 0) is 0 Å². The second-order valence-corrected chi connectivity index (χ2v) is 7.57. The SMILES string of the molecule is C=C(/C=C\C(=C)c1ccc(COC(=O)C(=C)C)[se]1)OC(=O)C(=C)C. The van der Waals surface area contributed by atoms with Crippen LogP contribution in [0.2, 0.25) is 0 Å². The van der Waals surface area contributed by atoms with Gasteiger partial charge in [-0.3, -0.25) is 0 Å². The Bertz CT molecular complexity index is 734. The Hall–Kier alpha value is -2.36. The van der Waals surface area contributed by atoms with Gasteiger partial charge in [0.25, 0.3) is 0 Å². The maximum absolute atomic E-state index is 11.4. The topological polar surface area (TPSA) is 52.6 Å². The maximum atomic E-state index is 11.4. The normalized spacial score (nSPS) is 10.2. The fourth-order valence-corrected chi connectivity index (χ4v) is 3.23. The molecule has 0 unspecified atom stereocenters. The van der Waals surface area contributed by atoms with Gasteiger partial charge in [0.2, 0.25) is 0 Å². The number of allylic oxidation sites excluding steroid dienone is 3. The molecule has 0 aliphatic carbocycles. The number of hydrogen-bond acceptors (Lipinski definition) is 4. The summed E-state index contributed by atoms with van der Waals surface area (Å²) in [5.41, 5.74) is 1.48. The second kappa shape index (κ2) is 9.06. The molecule has 0 fully saturated rings. The molecule has 0 radical (unpaired) electrons. The van der Waals surface area contributed by atoms with Crippen LogP contribution in [0, 0.1) is 0 Å². The first-order valence-electron chi connectivity index (χ1n) is 7.06. The van der Waals surface area contributed by atoms with Crippen molar-refractivity contribution in [2.24, 2.45) is 0 Å². The molecule has 0 atom stereocenters. The Morgan fingerprint density at radius 3 is 2.25 bits per heavy atom. The fourth-order valence-electron chi connectivity index (χ4n) is 1.40. The second-order valence-electron chi connectivity index (χ2n) is 5.12. The third-order valence-electron chi connectivity index (χ3n) is 2.71. The van der Waals surface area contributed by atoms with Crippen LogP contribution in [-0.4, -0.2) is 26.4 Å². The van der Waals surface area contributed by atoms with Crippen molar-refractivity contribution in [3.05, 3.63) is 76.4 Å². The molecule has 0 aromatic carbocycles. The van der Waals surface area contributed by atoms with E-state index in [-0.39, 0.29) is 26.9 Å². The van der Waals surface area contributed by atoms with E-state index < -0.39 is 11.9 Å². The van der Waals surface area contributed by atoms with Gasteiger partial charge < -0.3 is 0 Å². The van der Waals surface area contributed by atoms with Crippen LogP contribution >= 0.6 is 0 Å². The summed E-state index contributed by atoms with van der Waals surface area (Å²) in [6.07, 6.45) is 3.32. The summed E-state index contributed by atoms with van der Waals surface area (Å²) >= 11 is 0.0342. The van der Waals surface area contributed by atoms with Gasteiger partial charge in [0.15, 0.2) is 0 Å². The monoisotopic (exact) mass is 392 g/mol. The van der Waals surface area contributed by atoms with Gasteiger partial charge in [0, 0.05) is 0 Å². The average Bonchev–Trinajstić information content (AvgIpc) is 2.98. The van der Waals surface area contributed by atoms with Crippen LogP contribution in [0.5, 0.6) is 0 Å². The number of carbonyl (C=O) groups excluding carboxylic acids is 2. The van der Waals surface area contributed by atoms with E-state index in [0.29, 0.717) is 11.1 Å². The van der Waals surface area contributed by atoms with Crippen LogP contribution in [0.3, 0.4) is 0 Å². The Labute approximate surface area is 148 Å². The van der Waals surface area contributed by atoms with Gasteiger partial charge in [0.1, 0.15) is 0 Å². The van der Waals surface area contributed by atoms with Crippen molar-refractivity contribution in [1.29, 1.82) is 0 Å². The van der Waals surface area contributed by atoms with Crippen molar-refractivity contribution >= 4 is 32.0 Å². The molecule has 126 valence electrons. The predicted molar refractivity (Wildman–Crippen MR) is 96.2 cm³/mol. The molecule has 0 N–H and O–H groups in total. The average molecular weight is 391 g/mol. The fraction of sp³-hybridized carbons (Fsp3) is 0.158. The Kier molecular flexibility index (Phi) is 7.43.